The maximum atomic E-state index is 5.85. The summed E-state index contributed by atoms with van der Waals surface area (Å²) in [5.41, 5.74) is 5.85. The van der Waals surface area contributed by atoms with Crippen LogP contribution in [-0.4, -0.2) is 12.6 Å². The molecule has 1 saturated carbocycles. The highest BCUT2D eigenvalue weighted by atomic mass is 16.3. The van der Waals surface area contributed by atoms with Gasteiger partial charge in [0.15, 0.2) is 0 Å². The van der Waals surface area contributed by atoms with Gasteiger partial charge in [-0.05, 0) is 51.3 Å². The minimum Gasteiger partial charge on any atom is -0.465 e. The fraction of sp³-hybridized carbons (Fsp3) is 0.714. The summed E-state index contributed by atoms with van der Waals surface area (Å²) in [4.78, 5) is 0. The lowest BCUT2D eigenvalue weighted by Crippen LogP contribution is -2.42. The van der Waals surface area contributed by atoms with Gasteiger partial charge in [0, 0.05) is 6.04 Å². The van der Waals surface area contributed by atoms with Crippen LogP contribution in [0.3, 0.4) is 0 Å². The van der Waals surface area contributed by atoms with Crippen LogP contribution in [0.15, 0.2) is 16.5 Å². The van der Waals surface area contributed by atoms with Crippen molar-refractivity contribution in [3.05, 3.63) is 23.7 Å². The third-order valence-electron chi connectivity index (χ3n) is 3.86. The summed E-state index contributed by atoms with van der Waals surface area (Å²) in [6.45, 7) is 4.95. The van der Waals surface area contributed by atoms with E-state index < -0.39 is 0 Å². The highest BCUT2D eigenvalue weighted by Gasteiger charge is 2.25. The normalized spacial score (nSPS) is 27.0. The molecule has 96 valence electrons. The summed E-state index contributed by atoms with van der Waals surface area (Å²) in [5.74, 6) is 2.64. The molecule has 0 aromatic carbocycles. The first-order chi connectivity index (χ1) is 8.20. The Morgan fingerprint density at radius 1 is 1.41 bits per heavy atom. The molecule has 3 nitrogen and oxygen atoms in total. The molecule has 0 saturated heterocycles. The van der Waals surface area contributed by atoms with E-state index in [2.05, 4.69) is 18.3 Å². The number of aryl methyl sites for hydroxylation is 1. The highest BCUT2D eigenvalue weighted by molar-refractivity contribution is 5.09. The number of nitrogens with one attached hydrogen (secondary N) is 1. The molecule has 1 aromatic rings. The first-order valence-electron chi connectivity index (χ1n) is 6.73. The molecule has 1 heterocycles. The molecule has 2 rings (SSSR count). The molecule has 0 aliphatic heterocycles. The fourth-order valence-corrected chi connectivity index (χ4v) is 2.80. The van der Waals surface area contributed by atoms with Gasteiger partial charge in [-0.2, -0.15) is 0 Å². The minimum atomic E-state index is 0.279. The topological polar surface area (TPSA) is 51.2 Å². The van der Waals surface area contributed by atoms with E-state index >= 15 is 0 Å². The van der Waals surface area contributed by atoms with E-state index in [4.69, 9.17) is 10.2 Å². The Balaban J connectivity index is 1.94. The van der Waals surface area contributed by atoms with Crippen molar-refractivity contribution in [2.45, 2.75) is 51.6 Å². The fourth-order valence-electron chi connectivity index (χ4n) is 2.80. The van der Waals surface area contributed by atoms with Gasteiger partial charge in [-0.15, -0.1) is 0 Å². The summed E-state index contributed by atoms with van der Waals surface area (Å²) in [6, 6.07) is 4.91. The van der Waals surface area contributed by atoms with Gasteiger partial charge in [-0.3, -0.25) is 0 Å². The third-order valence-corrected chi connectivity index (χ3v) is 3.86. The Hall–Kier alpha value is -0.800. The van der Waals surface area contributed by atoms with Crippen LogP contribution in [0.25, 0.3) is 0 Å². The third kappa shape index (κ3) is 3.11. The first-order valence-corrected chi connectivity index (χ1v) is 6.73. The van der Waals surface area contributed by atoms with E-state index in [1.807, 2.05) is 13.0 Å². The van der Waals surface area contributed by atoms with Crippen molar-refractivity contribution in [2.75, 3.05) is 6.54 Å². The predicted octanol–water partition coefficient (Wildman–Crippen LogP) is 2.76. The molecule has 0 bridgehead atoms. The van der Waals surface area contributed by atoms with Crippen LogP contribution in [0, 0.1) is 12.8 Å². The highest BCUT2D eigenvalue weighted by Crippen LogP contribution is 2.26. The Kier molecular flexibility index (Phi) is 4.24. The van der Waals surface area contributed by atoms with Crippen LogP contribution in [-0.2, 0) is 0 Å². The molecule has 0 spiro atoms. The van der Waals surface area contributed by atoms with Crippen LogP contribution in [0.1, 0.15) is 50.2 Å². The quantitative estimate of drug-likeness (QED) is 0.845. The number of hydrogen-bond donors (Lipinski definition) is 2. The predicted molar refractivity (Wildman–Crippen MR) is 69.8 cm³/mol. The van der Waals surface area contributed by atoms with Gasteiger partial charge < -0.3 is 15.5 Å². The lowest BCUT2D eigenvalue weighted by molar-refractivity contribution is 0.242. The molecule has 3 atom stereocenters. The second-order valence-electron chi connectivity index (χ2n) is 5.22. The summed E-state index contributed by atoms with van der Waals surface area (Å²) in [5, 5.41) is 3.68. The average molecular weight is 236 g/mol. The van der Waals surface area contributed by atoms with Gasteiger partial charge in [0.1, 0.15) is 11.5 Å². The van der Waals surface area contributed by atoms with E-state index in [0.29, 0.717) is 12.0 Å². The molecule has 17 heavy (non-hydrogen) atoms. The van der Waals surface area contributed by atoms with Crippen LogP contribution in [0.2, 0.25) is 0 Å². The zero-order valence-electron chi connectivity index (χ0n) is 10.9. The molecule has 0 amide bonds. The Morgan fingerprint density at radius 3 is 2.82 bits per heavy atom. The summed E-state index contributed by atoms with van der Waals surface area (Å²) in [6.07, 6.45) is 5.15. The zero-order chi connectivity index (χ0) is 12.3. The number of nitrogens with two attached hydrogens (primary N) is 1. The van der Waals surface area contributed by atoms with Crippen LogP contribution >= 0.6 is 0 Å². The average Bonchev–Trinajstić information content (AvgIpc) is 2.77. The van der Waals surface area contributed by atoms with Crippen LogP contribution in [0.5, 0.6) is 0 Å². The van der Waals surface area contributed by atoms with Gasteiger partial charge >= 0.3 is 0 Å². The van der Waals surface area contributed by atoms with Gasteiger partial charge in [-0.25, -0.2) is 0 Å². The van der Waals surface area contributed by atoms with Crippen molar-refractivity contribution in [1.82, 2.24) is 5.32 Å². The van der Waals surface area contributed by atoms with Crippen LogP contribution in [0.4, 0.5) is 0 Å². The molecule has 1 fully saturated rings. The standard InChI is InChI=1S/C14H24N2O/c1-10-7-8-14(17-10)11(2)16-13-6-4-3-5-12(13)9-15/h7-8,11-13,16H,3-6,9,15H2,1-2H3. The number of furan rings is 1. The SMILES string of the molecule is Cc1ccc(C(C)NC2CCCCC2CN)o1. The van der Waals surface area contributed by atoms with E-state index in [1.54, 1.807) is 0 Å². The Bertz CT molecular complexity index is 348. The minimum absolute atomic E-state index is 0.279. The van der Waals surface area contributed by atoms with E-state index in [1.165, 1.54) is 25.7 Å². The summed E-state index contributed by atoms with van der Waals surface area (Å²) >= 11 is 0. The largest absolute Gasteiger partial charge is 0.465 e. The van der Waals surface area contributed by atoms with E-state index in [9.17, 15) is 0 Å². The maximum Gasteiger partial charge on any atom is 0.120 e. The number of hydrogen-bond acceptors (Lipinski definition) is 3. The van der Waals surface area contributed by atoms with Gasteiger partial charge in [0.05, 0.1) is 6.04 Å². The molecule has 1 aliphatic rings. The molecular formula is C14H24N2O. The maximum absolute atomic E-state index is 5.85. The van der Waals surface area contributed by atoms with Gasteiger partial charge in [0.25, 0.3) is 0 Å². The lowest BCUT2D eigenvalue weighted by Gasteiger charge is -2.33. The molecule has 3 N–H and O–H groups in total. The van der Waals surface area contributed by atoms with E-state index in [0.717, 1.165) is 18.1 Å². The molecule has 3 unspecified atom stereocenters. The molecule has 1 aromatic heterocycles. The Morgan fingerprint density at radius 2 is 2.18 bits per heavy atom. The van der Waals surface area contributed by atoms with E-state index in [-0.39, 0.29) is 6.04 Å². The van der Waals surface area contributed by atoms with Crippen molar-refractivity contribution in [3.63, 3.8) is 0 Å². The monoisotopic (exact) mass is 236 g/mol. The van der Waals surface area contributed by atoms with Crippen molar-refractivity contribution in [3.8, 4) is 0 Å². The molecule has 0 radical (unpaired) electrons. The number of rotatable bonds is 4. The second kappa shape index (κ2) is 5.69. The van der Waals surface area contributed by atoms with Crippen molar-refractivity contribution >= 4 is 0 Å². The summed E-state index contributed by atoms with van der Waals surface area (Å²) in [7, 11) is 0. The smallest absolute Gasteiger partial charge is 0.120 e. The van der Waals surface area contributed by atoms with Crippen molar-refractivity contribution < 1.29 is 4.42 Å². The zero-order valence-corrected chi connectivity index (χ0v) is 10.9. The lowest BCUT2D eigenvalue weighted by atomic mass is 9.84. The molecule has 1 aliphatic carbocycles. The second-order valence-corrected chi connectivity index (χ2v) is 5.22. The van der Waals surface area contributed by atoms with Crippen LogP contribution < -0.4 is 11.1 Å². The van der Waals surface area contributed by atoms with Gasteiger partial charge in [-0.1, -0.05) is 12.8 Å². The van der Waals surface area contributed by atoms with Crippen molar-refractivity contribution in [2.24, 2.45) is 11.7 Å². The Labute approximate surface area is 104 Å². The summed E-state index contributed by atoms with van der Waals surface area (Å²) < 4.78 is 5.66. The first kappa shape index (κ1) is 12.7. The molecule has 3 heteroatoms. The van der Waals surface area contributed by atoms with Crippen molar-refractivity contribution in [1.29, 1.82) is 0 Å². The van der Waals surface area contributed by atoms with Gasteiger partial charge in [0.2, 0.25) is 0 Å². The molecular weight excluding hydrogens is 212 g/mol.